The van der Waals surface area contributed by atoms with Crippen molar-refractivity contribution in [2.75, 3.05) is 25.1 Å². The first-order chi connectivity index (χ1) is 11.5. The molecule has 24 heavy (non-hydrogen) atoms. The van der Waals surface area contributed by atoms with Crippen LogP contribution in [0.25, 0.3) is 0 Å². The van der Waals surface area contributed by atoms with Gasteiger partial charge in [-0.3, -0.25) is 9.59 Å². The van der Waals surface area contributed by atoms with Crippen molar-refractivity contribution in [2.24, 2.45) is 0 Å². The van der Waals surface area contributed by atoms with E-state index in [1.807, 2.05) is 25.1 Å². The Hall–Kier alpha value is -2.76. The smallest absolute Gasteiger partial charge is 0.290 e. The van der Waals surface area contributed by atoms with Gasteiger partial charge in [-0.2, -0.15) is 0 Å². The molecule has 0 radical (unpaired) electrons. The van der Waals surface area contributed by atoms with E-state index in [4.69, 9.17) is 9.15 Å². The van der Waals surface area contributed by atoms with Crippen LogP contribution >= 0.6 is 0 Å². The lowest BCUT2D eigenvalue weighted by molar-refractivity contribution is -0.124. The fourth-order valence-electron chi connectivity index (χ4n) is 2.94. The fourth-order valence-corrected chi connectivity index (χ4v) is 2.94. The van der Waals surface area contributed by atoms with Gasteiger partial charge in [-0.25, -0.2) is 0 Å². The largest absolute Gasteiger partial charge is 0.495 e. The van der Waals surface area contributed by atoms with Crippen LogP contribution in [0.5, 0.6) is 5.75 Å². The summed E-state index contributed by atoms with van der Waals surface area (Å²) in [4.78, 5) is 28.5. The molecule has 2 amide bonds. The summed E-state index contributed by atoms with van der Waals surface area (Å²) in [7, 11) is 1.58. The van der Waals surface area contributed by atoms with Gasteiger partial charge in [0.05, 0.1) is 19.1 Å². The molecule has 1 fully saturated rings. The van der Waals surface area contributed by atoms with E-state index in [2.05, 4.69) is 0 Å². The molecule has 1 aliphatic rings. The number of hydrogen-bond acceptors (Lipinski definition) is 4. The normalized spacial score (nSPS) is 18.0. The summed E-state index contributed by atoms with van der Waals surface area (Å²) in [6, 6.07) is 8.41. The van der Waals surface area contributed by atoms with Crippen LogP contribution < -0.4 is 9.64 Å². The number of carbonyl (C=O) groups is 2. The Bertz CT molecular complexity index is 754. The van der Waals surface area contributed by atoms with Crippen molar-refractivity contribution in [3.8, 4) is 5.75 Å². The van der Waals surface area contributed by atoms with Crippen LogP contribution in [0.15, 0.2) is 41.0 Å². The first-order valence-corrected chi connectivity index (χ1v) is 7.83. The van der Waals surface area contributed by atoms with Crippen molar-refractivity contribution in [3.05, 3.63) is 47.9 Å². The standard InChI is InChI=1S/C18H20N2O4/c1-12-6-7-15(23-3)14(11-12)20-9-8-19(13(2)17(20)21)18(22)16-5-4-10-24-16/h4-7,10-11,13H,8-9H2,1-3H3/t13-/m1/s1. The van der Waals surface area contributed by atoms with Gasteiger partial charge < -0.3 is 19.0 Å². The molecule has 0 N–H and O–H groups in total. The number of benzene rings is 1. The van der Waals surface area contributed by atoms with Crippen LogP contribution in [-0.2, 0) is 4.79 Å². The van der Waals surface area contributed by atoms with E-state index in [1.165, 1.54) is 6.26 Å². The lowest BCUT2D eigenvalue weighted by Gasteiger charge is -2.39. The number of furan rings is 1. The van der Waals surface area contributed by atoms with E-state index >= 15 is 0 Å². The van der Waals surface area contributed by atoms with Gasteiger partial charge >= 0.3 is 0 Å². The lowest BCUT2D eigenvalue weighted by Crippen LogP contribution is -2.57. The maximum atomic E-state index is 12.8. The highest BCUT2D eigenvalue weighted by atomic mass is 16.5. The third-order valence-corrected chi connectivity index (χ3v) is 4.27. The quantitative estimate of drug-likeness (QED) is 0.868. The van der Waals surface area contributed by atoms with Crippen LogP contribution in [0.4, 0.5) is 5.69 Å². The topological polar surface area (TPSA) is 63.0 Å². The molecule has 1 atom stereocenters. The average Bonchev–Trinajstić information content (AvgIpc) is 3.11. The summed E-state index contributed by atoms with van der Waals surface area (Å²) in [6.07, 6.45) is 1.45. The van der Waals surface area contributed by atoms with Crippen molar-refractivity contribution < 1.29 is 18.7 Å². The Kier molecular flexibility index (Phi) is 4.29. The first kappa shape index (κ1) is 16.1. The number of piperazine rings is 1. The maximum Gasteiger partial charge on any atom is 0.290 e. The summed E-state index contributed by atoms with van der Waals surface area (Å²) in [5.74, 6) is 0.491. The summed E-state index contributed by atoms with van der Waals surface area (Å²) < 4.78 is 10.5. The maximum absolute atomic E-state index is 12.8. The minimum atomic E-state index is -0.568. The Morgan fingerprint density at radius 2 is 2.08 bits per heavy atom. The molecule has 0 bridgehead atoms. The van der Waals surface area contributed by atoms with Crippen LogP contribution in [0.1, 0.15) is 23.0 Å². The van der Waals surface area contributed by atoms with Gasteiger partial charge in [-0.05, 0) is 43.7 Å². The second-order valence-corrected chi connectivity index (χ2v) is 5.82. The molecule has 0 saturated carbocycles. The Balaban J connectivity index is 1.85. The molecule has 3 rings (SSSR count). The molecule has 126 valence electrons. The van der Waals surface area contributed by atoms with Crippen molar-refractivity contribution in [1.29, 1.82) is 0 Å². The van der Waals surface area contributed by atoms with Gasteiger partial charge in [0.2, 0.25) is 5.91 Å². The molecule has 6 heteroatoms. The number of rotatable bonds is 3. The highest BCUT2D eigenvalue weighted by Crippen LogP contribution is 2.31. The molecule has 1 aromatic heterocycles. The number of amides is 2. The highest BCUT2D eigenvalue weighted by Gasteiger charge is 2.37. The minimum absolute atomic E-state index is 0.134. The van der Waals surface area contributed by atoms with Gasteiger partial charge in [0.1, 0.15) is 11.8 Å². The molecule has 2 aromatic rings. The molecular weight excluding hydrogens is 308 g/mol. The van der Waals surface area contributed by atoms with Gasteiger partial charge in [-0.1, -0.05) is 6.07 Å². The molecule has 2 heterocycles. The highest BCUT2D eigenvalue weighted by molar-refractivity contribution is 6.03. The van der Waals surface area contributed by atoms with Crippen LogP contribution in [0.3, 0.4) is 0 Å². The molecule has 6 nitrogen and oxygen atoms in total. The Labute approximate surface area is 140 Å². The Morgan fingerprint density at radius 1 is 1.29 bits per heavy atom. The third kappa shape index (κ3) is 2.75. The number of aryl methyl sites for hydroxylation is 1. The lowest BCUT2D eigenvalue weighted by atomic mass is 10.1. The monoisotopic (exact) mass is 328 g/mol. The summed E-state index contributed by atoms with van der Waals surface area (Å²) >= 11 is 0. The fraction of sp³-hybridized carbons (Fsp3) is 0.333. The van der Waals surface area contributed by atoms with Crippen LogP contribution in [0, 0.1) is 6.92 Å². The molecule has 1 aromatic carbocycles. The second kappa shape index (κ2) is 6.39. The summed E-state index contributed by atoms with van der Waals surface area (Å²) in [6.45, 7) is 4.55. The minimum Gasteiger partial charge on any atom is -0.495 e. The van der Waals surface area contributed by atoms with Gasteiger partial charge in [-0.15, -0.1) is 0 Å². The molecular formula is C18H20N2O4. The molecule has 1 saturated heterocycles. The van der Waals surface area contributed by atoms with E-state index in [1.54, 1.807) is 36.0 Å². The zero-order valence-corrected chi connectivity index (χ0v) is 14.0. The summed E-state index contributed by atoms with van der Waals surface area (Å²) in [5, 5.41) is 0. The molecule has 0 unspecified atom stereocenters. The van der Waals surface area contributed by atoms with Crippen molar-refractivity contribution in [3.63, 3.8) is 0 Å². The number of anilines is 1. The van der Waals surface area contributed by atoms with E-state index in [-0.39, 0.29) is 17.6 Å². The van der Waals surface area contributed by atoms with Crippen molar-refractivity contribution in [2.45, 2.75) is 19.9 Å². The van der Waals surface area contributed by atoms with Gasteiger partial charge in [0, 0.05) is 13.1 Å². The van der Waals surface area contributed by atoms with Crippen molar-refractivity contribution >= 4 is 17.5 Å². The van der Waals surface area contributed by atoms with Crippen LogP contribution in [-0.4, -0.2) is 43.0 Å². The molecule has 0 spiro atoms. The SMILES string of the molecule is COc1ccc(C)cc1N1CCN(C(=O)c2ccco2)[C@H](C)C1=O. The predicted octanol–water partition coefficient (Wildman–Crippen LogP) is 2.47. The zero-order chi connectivity index (χ0) is 17.3. The summed E-state index contributed by atoms with van der Waals surface area (Å²) in [5.41, 5.74) is 1.78. The second-order valence-electron chi connectivity index (χ2n) is 5.82. The number of ether oxygens (including phenoxy) is 1. The van der Waals surface area contributed by atoms with Gasteiger partial charge in [0.15, 0.2) is 5.76 Å². The number of nitrogens with zero attached hydrogens (tertiary/aromatic N) is 2. The van der Waals surface area contributed by atoms with E-state index in [0.29, 0.717) is 18.8 Å². The Morgan fingerprint density at radius 3 is 2.75 bits per heavy atom. The van der Waals surface area contributed by atoms with E-state index < -0.39 is 6.04 Å². The average molecular weight is 328 g/mol. The molecule has 0 aliphatic carbocycles. The van der Waals surface area contributed by atoms with Crippen molar-refractivity contribution in [1.82, 2.24) is 4.90 Å². The van der Waals surface area contributed by atoms with E-state index in [9.17, 15) is 9.59 Å². The van der Waals surface area contributed by atoms with Crippen LogP contribution in [0.2, 0.25) is 0 Å². The van der Waals surface area contributed by atoms with Gasteiger partial charge in [0.25, 0.3) is 5.91 Å². The number of hydrogen-bond donors (Lipinski definition) is 0. The zero-order valence-electron chi connectivity index (χ0n) is 14.0. The predicted molar refractivity (Wildman–Crippen MR) is 89.3 cm³/mol. The number of methoxy groups -OCH3 is 1. The molecule has 1 aliphatic heterocycles. The number of carbonyl (C=O) groups excluding carboxylic acids is 2. The van der Waals surface area contributed by atoms with E-state index in [0.717, 1.165) is 11.3 Å². The first-order valence-electron chi connectivity index (χ1n) is 7.83. The third-order valence-electron chi connectivity index (χ3n) is 4.27.